The van der Waals surface area contributed by atoms with Gasteiger partial charge >= 0.3 is 0 Å². The lowest BCUT2D eigenvalue weighted by atomic mass is 10.1. The first-order valence-corrected chi connectivity index (χ1v) is 8.28. The third-order valence-corrected chi connectivity index (χ3v) is 3.59. The van der Waals surface area contributed by atoms with Gasteiger partial charge in [0, 0.05) is 35.4 Å². The maximum atomic E-state index is 6.25. The minimum atomic E-state index is 0.109. The number of nitrogens with one attached hydrogen (secondary N) is 1. The van der Waals surface area contributed by atoms with Crippen molar-refractivity contribution < 1.29 is 0 Å². The largest absolute Gasteiger partial charge is 0.369 e. The summed E-state index contributed by atoms with van der Waals surface area (Å²) in [6.07, 6.45) is 0. The quantitative estimate of drug-likeness (QED) is 0.786. The van der Waals surface area contributed by atoms with E-state index in [1.165, 1.54) is 11.3 Å². The smallest absolute Gasteiger partial charge is 0.0429 e. The Hall–Kier alpha value is -0.730. The van der Waals surface area contributed by atoms with E-state index >= 15 is 0 Å². The second-order valence-corrected chi connectivity index (χ2v) is 7.95. The molecule has 0 saturated heterocycles. The molecule has 0 amide bonds. The van der Waals surface area contributed by atoms with E-state index in [-0.39, 0.29) is 5.54 Å². The topological polar surface area (TPSA) is 15.3 Å². The van der Waals surface area contributed by atoms with E-state index in [1.54, 1.807) is 0 Å². The summed E-state index contributed by atoms with van der Waals surface area (Å²) in [5.74, 6) is 0.620. The van der Waals surface area contributed by atoms with Crippen molar-refractivity contribution in [2.45, 2.75) is 66.6 Å². The first kappa shape index (κ1) is 18.3. The molecule has 1 N–H and O–H groups in total. The van der Waals surface area contributed by atoms with Crippen molar-refractivity contribution in [3.63, 3.8) is 0 Å². The van der Waals surface area contributed by atoms with Crippen LogP contribution in [0.5, 0.6) is 0 Å². The molecule has 3 heteroatoms. The van der Waals surface area contributed by atoms with Crippen LogP contribution < -0.4 is 10.2 Å². The second kappa shape index (κ2) is 7.51. The maximum Gasteiger partial charge on any atom is 0.0429 e. The Morgan fingerprint density at radius 1 is 1.14 bits per heavy atom. The van der Waals surface area contributed by atoms with Crippen molar-refractivity contribution in [2.75, 3.05) is 11.4 Å². The molecule has 0 aromatic heterocycles. The third-order valence-electron chi connectivity index (χ3n) is 3.35. The molecule has 0 radical (unpaired) electrons. The summed E-state index contributed by atoms with van der Waals surface area (Å²) < 4.78 is 0. The highest BCUT2D eigenvalue weighted by molar-refractivity contribution is 6.30. The molecule has 0 spiro atoms. The zero-order valence-electron chi connectivity index (χ0n) is 14.6. The number of hydrogen-bond acceptors (Lipinski definition) is 2. The van der Waals surface area contributed by atoms with Crippen molar-refractivity contribution in [3.8, 4) is 0 Å². The highest BCUT2D eigenvalue weighted by atomic mass is 35.5. The van der Waals surface area contributed by atoms with Crippen molar-refractivity contribution in [2.24, 2.45) is 5.92 Å². The van der Waals surface area contributed by atoms with Crippen LogP contribution in [0.15, 0.2) is 18.2 Å². The van der Waals surface area contributed by atoms with Crippen LogP contribution in [0.3, 0.4) is 0 Å². The predicted molar refractivity (Wildman–Crippen MR) is 95.4 cm³/mol. The zero-order chi connectivity index (χ0) is 16.2. The van der Waals surface area contributed by atoms with E-state index in [0.717, 1.165) is 18.1 Å². The van der Waals surface area contributed by atoms with Crippen LogP contribution in [0.1, 0.15) is 54.0 Å². The normalized spacial score (nSPS) is 12.3. The van der Waals surface area contributed by atoms with Gasteiger partial charge in [0.15, 0.2) is 0 Å². The van der Waals surface area contributed by atoms with Gasteiger partial charge in [-0.2, -0.15) is 0 Å². The minimum absolute atomic E-state index is 0.109. The third kappa shape index (κ3) is 6.27. The van der Waals surface area contributed by atoms with Crippen molar-refractivity contribution in [1.29, 1.82) is 0 Å². The molecule has 0 fully saturated rings. The van der Waals surface area contributed by atoms with Gasteiger partial charge in [-0.3, -0.25) is 0 Å². The van der Waals surface area contributed by atoms with Crippen LogP contribution in [0.4, 0.5) is 5.69 Å². The Balaban J connectivity index is 3.09. The summed E-state index contributed by atoms with van der Waals surface area (Å²) in [7, 11) is 0. The second-order valence-electron chi connectivity index (χ2n) is 7.52. The number of anilines is 1. The Morgan fingerprint density at radius 2 is 1.76 bits per heavy atom. The molecule has 1 aromatic carbocycles. The molecule has 21 heavy (non-hydrogen) atoms. The Morgan fingerprint density at radius 3 is 2.24 bits per heavy atom. The molecule has 0 bridgehead atoms. The molecule has 0 saturated carbocycles. The lowest BCUT2D eigenvalue weighted by Gasteiger charge is -2.33. The van der Waals surface area contributed by atoms with Crippen molar-refractivity contribution >= 4 is 17.3 Å². The SMILES string of the molecule is CC(C)CN(c1cc(Cl)ccc1CNC(C)(C)C)C(C)C. The first-order valence-electron chi connectivity index (χ1n) is 7.90. The van der Waals surface area contributed by atoms with Crippen LogP contribution in [0, 0.1) is 5.92 Å². The maximum absolute atomic E-state index is 6.25. The molecular formula is C18H31ClN2. The van der Waals surface area contributed by atoms with Crippen molar-refractivity contribution in [1.82, 2.24) is 5.32 Å². The summed E-state index contributed by atoms with van der Waals surface area (Å²) in [5, 5.41) is 4.38. The fourth-order valence-electron chi connectivity index (χ4n) is 2.29. The fourth-order valence-corrected chi connectivity index (χ4v) is 2.46. The summed E-state index contributed by atoms with van der Waals surface area (Å²) >= 11 is 6.25. The van der Waals surface area contributed by atoms with Crippen LogP contribution in [0.2, 0.25) is 5.02 Å². The van der Waals surface area contributed by atoms with E-state index in [2.05, 4.69) is 70.8 Å². The van der Waals surface area contributed by atoms with E-state index < -0.39 is 0 Å². The lowest BCUT2D eigenvalue weighted by Crippen LogP contribution is -2.38. The Kier molecular flexibility index (Phi) is 6.55. The molecule has 1 aromatic rings. The molecule has 2 nitrogen and oxygen atoms in total. The Bertz CT molecular complexity index is 447. The molecule has 0 unspecified atom stereocenters. The van der Waals surface area contributed by atoms with E-state index in [0.29, 0.717) is 12.0 Å². The molecule has 1 rings (SSSR count). The number of hydrogen-bond donors (Lipinski definition) is 1. The molecule has 0 aliphatic heterocycles. The number of halogens is 1. The van der Waals surface area contributed by atoms with Gasteiger partial charge in [-0.15, -0.1) is 0 Å². The predicted octanol–water partition coefficient (Wildman–Crippen LogP) is 5.10. The fraction of sp³-hybridized carbons (Fsp3) is 0.667. The summed E-state index contributed by atoms with van der Waals surface area (Å²) in [6, 6.07) is 6.69. The average Bonchev–Trinajstić information content (AvgIpc) is 2.32. The summed E-state index contributed by atoms with van der Waals surface area (Å²) in [5.41, 5.74) is 2.67. The van der Waals surface area contributed by atoms with Gasteiger partial charge in [-0.1, -0.05) is 31.5 Å². The van der Waals surface area contributed by atoms with E-state index in [4.69, 9.17) is 11.6 Å². The van der Waals surface area contributed by atoms with Crippen molar-refractivity contribution in [3.05, 3.63) is 28.8 Å². The van der Waals surface area contributed by atoms with Gasteiger partial charge in [-0.25, -0.2) is 0 Å². The zero-order valence-corrected chi connectivity index (χ0v) is 15.4. The minimum Gasteiger partial charge on any atom is -0.369 e. The molecule has 0 heterocycles. The molecule has 0 aliphatic rings. The van der Waals surface area contributed by atoms with E-state index in [1.807, 2.05) is 6.07 Å². The molecule has 120 valence electrons. The molecular weight excluding hydrogens is 280 g/mol. The Labute approximate surface area is 135 Å². The first-order chi connectivity index (χ1) is 9.60. The number of benzene rings is 1. The van der Waals surface area contributed by atoms with Gasteiger partial charge in [0.05, 0.1) is 0 Å². The van der Waals surface area contributed by atoms with Gasteiger partial charge < -0.3 is 10.2 Å². The van der Waals surface area contributed by atoms with Crippen LogP contribution in [-0.2, 0) is 6.54 Å². The van der Waals surface area contributed by atoms with Crippen LogP contribution in [-0.4, -0.2) is 18.1 Å². The van der Waals surface area contributed by atoms with Gasteiger partial charge in [0.2, 0.25) is 0 Å². The average molecular weight is 311 g/mol. The van der Waals surface area contributed by atoms with Crippen LogP contribution >= 0.6 is 11.6 Å². The van der Waals surface area contributed by atoms with Crippen LogP contribution in [0.25, 0.3) is 0 Å². The van der Waals surface area contributed by atoms with Gasteiger partial charge in [0.1, 0.15) is 0 Å². The standard InChI is InChI=1S/C18H31ClN2/c1-13(2)12-21(14(3)4)17-10-16(19)9-8-15(17)11-20-18(5,6)7/h8-10,13-14,20H,11-12H2,1-7H3. The molecule has 0 aliphatic carbocycles. The highest BCUT2D eigenvalue weighted by Crippen LogP contribution is 2.28. The highest BCUT2D eigenvalue weighted by Gasteiger charge is 2.17. The monoisotopic (exact) mass is 310 g/mol. The van der Waals surface area contributed by atoms with Gasteiger partial charge in [0.25, 0.3) is 0 Å². The van der Waals surface area contributed by atoms with Gasteiger partial charge in [-0.05, 0) is 58.2 Å². The molecule has 0 atom stereocenters. The summed E-state index contributed by atoms with van der Waals surface area (Å²) in [4.78, 5) is 2.45. The summed E-state index contributed by atoms with van der Waals surface area (Å²) in [6.45, 7) is 17.5. The van der Waals surface area contributed by atoms with E-state index in [9.17, 15) is 0 Å². The number of rotatable bonds is 6. The lowest BCUT2D eigenvalue weighted by molar-refractivity contribution is 0.424. The number of nitrogens with zero attached hydrogens (tertiary/aromatic N) is 1.